The van der Waals surface area contributed by atoms with E-state index < -0.39 is 11.4 Å². The molecule has 6 heteroatoms. The largest absolute Gasteiger partial charge is 0.481 e. The van der Waals surface area contributed by atoms with Crippen molar-refractivity contribution in [3.05, 3.63) is 0 Å². The number of carboxylic acids is 1. The molecule has 0 fully saturated rings. The Labute approximate surface area is 107 Å². The van der Waals surface area contributed by atoms with Gasteiger partial charge in [0.25, 0.3) is 0 Å². The monoisotopic (exact) mass is 262 g/mol. The maximum atomic E-state index is 11.6. The molecule has 5 nitrogen and oxygen atoms in total. The summed E-state index contributed by atoms with van der Waals surface area (Å²) in [5.41, 5.74) is -0.893. The summed E-state index contributed by atoms with van der Waals surface area (Å²) in [7, 11) is 1.70. The molecule has 0 aromatic heterocycles. The lowest BCUT2D eigenvalue weighted by molar-refractivity contribution is -0.147. The summed E-state index contributed by atoms with van der Waals surface area (Å²) in [6.45, 7) is 4.25. The number of urea groups is 1. The zero-order valence-electron chi connectivity index (χ0n) is 10.9. The van der Waals surface area contributed by atoms with Gasteiger partial charge in [-0.15, -0.1) is 0 Å². The van der Waals surface area contributed by atoms with Crippen LogP contribution in [0.3, 0.4) is 0 Å². The molecule has 0 saturated carbocycles. The van der Waals surface area contributed by atoms with Crippen molar-refractivity contribution in [2.45, 2.75) is 20.3 Å². The van der Waals surface area contributed by atoms with Crippen molar-refractivity contribution < 1.29 is 14.7 Å². The third kappa shape index (κ3) is 5.30. The van der Waals surface area contributed by atoms with Crippen LogP contribution in [0.5, 0.6) is 0 Å². The number of carbonyl (C=O) groups is 2. The molecular weight excluding hydrogens is 240 g/mol. The fourth-order valence-electron chi connectivity index (χ4n) is 1.09. The van der Waals surface area contributed by atoms with E-state index in [0.29, 0.717) is 13.0 Å². The minimum atomic E-state index is -0.893. The van der Waals surface area contributed by atoms with E-state index in [1.165, 1.54) is 0 Å². The van der Waals surface area contributed by atoms with Crippen LogP contribution in [0.4, 0.5) is 4.79 Å². The van der Waals surface area contributed by atoms with Crippen molar-refractivity contribution in [3.8, 4) is 0 Å². The molecule has 0 aliphatic heterocycles. The van der Waals surface area contributed by atoms with Gasteiger partial charge in [0.1, 0.15) is 0 Å². The molecule has 2 amide bonds. The van der Waals surface area contributed by atoms with E-state index in [0.717, 1.165) is 5.75 Å². The van der Waals surface area contributed by atoms with Crippen molar-refractivity contribution in [3.63, 3.8) is 0 Å². The number of carbonyl (C=O) groups excluding carboxylic acids is 1. The highest BCUT2D eigenvalue weighted by Crippen LogP contribution is 2.19. The van der Waals surface area contributed by atoms with Crippen molar-refractivity contribution in [2.75, 3.05) is 32.1 Å². The predicted molar refractivity (Wildman–Crippen MR) is 70.4 cm³/mol. The van der Waals surface area contributed by atoms with Gasteiger partial charge in [0.2, 0.25) is 0 Å². The number of amides is 2. The first-order valence-corrected chi connectivity index (χ1v) is 6.98. The average Bonchev–Trinajstić information content (AvgIpc) is 2.31. The van der Waals surface area contributed by atoms with Crippen molar-refractivity contribution in [1.29, 1.82) is 0 Å². The van der Waals surface area contributed by atoms with Crippen LogP contribution in [0, 0.1) is 5.41 Å². The van der Waals surface area contributed by atoms with Crippen LogP contribution in [0.2, 0.25) is 0 Å². The third-order valence-corrected chi connectivity index (χ3v) is 3.49. The summed E-state index contributed by atoms with van der Waals surface area (Å²) in [5, 5.41) is 11.7. The highest BCUT2D eigenvalue weighted by atomic mass is 32.2. The van der Waals surface area contributed by atoms with Crippen molar-refractivity contribution >= 4 is 23.8 Å². The zero-order valence-corrected chi connectivity index (χ0v) is 11.8. The van der Waals surface area contributed by atoms with Crippen molar-refractivity contribution in [2.24, 2.45) is 5.41 Å². The van der Waals surface area contributed by atoms with E-state index >= 15 is 0 Å². The molecule has 0 aromatic carbocycles. The molecule has 0 bridgehead atoms. The molecule has 0 radical (unpaired) electrons. The maximum absolute atomic E-state index is 11.6. The normalized spacial score (nSPS) is 13.9. The Balaban J connectivity index is 4.18. The van der Waals surface area contributed by atoms with Crippen LogP contribution in [0.25, 0.3) is 0 Å². The number of carboxylic acid groups (broad SMARTS) is 1. The molecule has 1 atom stereocenters. The predicted octanol–water partition coefficient (Wildman–Crippen LogP) is 1.49. The Bertz CT molecular complexity index is 273. The van der Waals surface area contributed by atoms with Crippen LogP contribution in [-0.4, -0.2) is 54.2 Å². The van der Waals surface area contributed by atoms with Gasteiger partial charge in [-0.2, -0.15) is 11.8 Å². The third-order valence-electron chi connectivity index (χ3n) is 2.90. The van der Waals surface area contributed by atoms with E-state index in [1.807, 2.05) is 6.26 Å². The lowest BCUT2D eigenvalue weighted by atomic mass is 9.88. The van der Waals surface area contributed by atoms with Gasteiger partial charge < -0.3 is 15.3 Å². The topological polar surface area (TPSA) is 69.6 Å². The number of nitrogens with one attached hydrogen (secondary N) is 1. The maximum Gasteiger partial charge on any atom is 0.317 e. The summed E-state index contributed by atoms with van der Waals surface area (Å²) in [6, 6.07) is -0.222. The van der Waals surface area contributed by atoms with Gasteiger partial charge >= 0.3 is 12.0 Å². The zero-order chi connectivity index (χ0) is 13.5. The second kappa shape index (κ2) is 7.42. The van der Waals surface area contributed by atoms with Gasteiger partial charge in [0, 0.05) is 25.9 Å². The van der Waals surface area contributed by atoms with Crippen LogP contribution >= 0.6 is 11.8 Å². The highest BCUT2D eigenvalue weighted by Gasteiger charge is 2.31. The molecule has 0 aromatic rings. The molecule has 0 spiro atoms. The van der Waals surface area contributed by atoms with Crippen LogP contribution in [0.1, 0.15) is 20.3 Å². The summed E-state index contributed by atoms with van der Waals surface area (Å²) >= 11 is 1.66. The SMILES string of the molecule is CCC(C)(CNC(=O)N(C)CCSC)C(=O)O. The number of hydrogen-bond donors (Lipinski definition) is 2. The first kappa shape index (κ1) is 16.1. The molecule has 1 unspecified atom stereocenters. The van der Waals surface area contributed by atoms with E-state index in [1.54, 1.807) is 37.6 Å². The molecule has 0 heterocycles. The van der Waals surface area contributed by atoms with Gasteiger partial charge in [-0.1, -0.05) is 6.92 Å². The average molecular weight is 262 g/mol. The van der Waals surface area contributed by atoms with Gasteiger partial charge in [-0.3, -0.25) is 4.79 Å². The van der Waals surface area contributed by atoms with E-state index in [4.69, 9.17) is 5.11 Å². The van der Waals surface area contributed by atoms with Gasteiger partial charge in [0.15, 0.2) is 0 Å². The molecule has 2 N–H and O–H groups in total. The number of thioether (sulfide) groups is 1. The lowest BCUT2D eigenvalue weighted by Gasteiger charge is -2.25. The fraction of sp³-hybridized carbons (Fsp3) is 0.818. The van der Waals surface area contributed by atoms with Gasteiger partial charge in [-0.25, -0.2) is 4.79 Å². The van der Waals surface area contributed by atoms with Crippen molar-refractivity contribution in [1.82, 2.24) is 10.2 Å². The standard InChI is InChI=1S/C11H22N2O3S/c1-5-11(2,9(14)15)8-12-10(16)13(3)6-7-17-4/h5-8H2,1-4H3,(H,12,16)(H,14,15). The molecule has 0 rings (SSSR count). The Morgan fingerprint density at radius 1 is 1.47 bits per heavy atom. The number of hydrogen-bond acceptors (Lipinski definition) is 3. The van der Waals surface area contributed by atoms with Gasteiger partial charge in [-0.05, 0) is 19.6 Å². The van der Waals surface area contributed by atoms with Gasteiger partial charge in [0.05, 0.1) is 5.41 Å². The lowest BCUT2D eigenvalue weighted by Crippen LogP contribution is -2.45. The molecule has 0 aliphatic carbocycles. The molecule has 0 saturated heterocycles. The Morgan fingerprint density at radius 2 is 2.06 bits per heavy atom. The summed E-state index contributed by atoms with van der Waals surface area (Å²) in [6.07, 6.45) is 2.46. The van der Waals surface area contributed by atoms with E-state index in [-0.39, 0.29) is 12.6 Å². The summed E-state index contributed by atoms with van der Waals surface area (Å²) < 4.78 is 0. The van der Waals surface area contributed by atoms with E-state index in [2.05, 4.69) is 5.32 Å². The highest BCUT2D eigenvalue weighted by molar-refractivity contribution is 7.98. The minimum absolute atomic E-state index is 0.154. The number of rotatable bonds is 7. The van der Waals surface area contributed by atoms with Crippen LogP contribution < -0.4 is 5.32 Å². The number of nitrogens with zero attached hydrogens (tertiary/aromatic N) is 1. The Morgan fingerprint density at radius 3 is 2.47 bits per heavy atom. The fourth-order valence-corrected chi connectivity index (χ4v) is 1.54. The van der Waals surface area contributed by atoms with Crippen LogP contribution in [-0.2, 0) is 4.79 Å². The van der Waals surface area contributed by atoms with Crippen LogP contribution in [0.15, 0.2) is 0 Å². The first-order chi connectivity index (χ1) is 7.87. The molecule has 0 aliphatic rings. The molecule has 17 heavy (non-hydrogen) atoms. The van der Waals surface area contributed by atoms with E-state index in [9.17, 15) is 9.59 Å². The molecule has 100 valence electrons. The Kier molecular flexibility index (Phi) is 7.03. The summed E-state index contributed by atoms with van der Waals surface area (Å²) in [4.78, 5) is 24.2. The second-order valence-electron chi connectivity index (χ2n) is 4.29. The minimum Gasteiger partial charge on any atom is -0.481 e. The second-order valence-corrected chi connectivity index (χ2v) is 5.28. The quantitative estimate of drug-likeness (QED) is 0.729. The molecular formula is C11H22N2O3S. The Hall–Kier alpha value is -0.910. The first-order valence-electron chi connectivity index (χ1n) is 5.58. The smallest absolute Gasteiger partial charge is 0.317 e. The summed E-state index contributed by atoms with van der Waals surface area (Å²) in [5.74, 6) is -0.0134. The number of aliphatic carboxylic acids is 1.